The molecule has 0 aliphatic heterocycles. The lowest BCUT2D eigenvalue weighted by Gasteiger charge is -2.22. The summed E-state index contributed by atoms with van der Waals surface area (Å²) in [6.45, 7) is 4.11. The Balaban J connectivity index is 2.89. The van der Waals surface area contributed by atoms with Crippen LogP contribution in [-0.4, -0.2) is 24.7 Å². The van der Waals surface area contributed by atoms with Crippen LogP contribution in [0.2, 0.25) is 0 Å². The number of hydrogen-bond donors (Lipinski definition) is 1. The summed E-state index contributed by atoms with van der Waals surface area (Å²) in [6.07, 6.45) is 0. The van der Waals surface area contributed by atoms with Crippen molar-refractivity contribution in [2.45, 2.75) is 19.9 Å². The number of pyridine rings is 1. The van der Waals surface area contributed by atoms with Crippen LogP contribution in [0.5, 0.6) is 0 Å². The number of rotatable bonds is 5. The Kier molecular flexibility index (Phi) is 4.74. The fourth-order valence-electron chi connectivity index (χ4n) is 1.30. The SMILES string of the molecule is COCC(Nc1nc(F)c(F)cc1F)C(C)C. The minimum Gasteiger partial charge on any atom is -0.383 e. The first-order valence-corrected chi connectivity index (χ1v) is 5.22. The van der Waals surface area contributed by atoms with E-state index in [0.717, 1.165) is 0 Å². The highest BCUT2D eigenvalue weighted by molar-refractivity contribution is 5.37. The van der Waals surface area contributed by atoms with Gasteiger partial charge in [-0.3, -0.25) is 0 Å². The molecule has 96 valence electrons. The smallest absolute Gasteiger partial charge is 0.251 e. The molecule has 0 aliphatic rings. The summed E-state index contributed by atoms with van der Waals surface area (Å²) in [4.78, 5) is 3.19. The van der Waals surface area contributed by atoms with Crippen LogP contribution in [0.3, 0.4) is 0 Å². The molecule has 1 rings (SSSR count). The van der Waals surface area contributed by atoms with Gasteiger partial charge in [0.05, 0.1) is 12.6 Å². The van der Waals surface area contributed by atoms with Crippen LogP contribution in [-0.2, 0) is 4.74 Å². The molecule has 0 fully saturated rings. The molecule has 0 radical (unpaired) electrons. The molecule has 17 heavy (non-hydrogen) atoms. The van der Waals surface area contributed by atoms with Crippen LogP contribution in [0.1, 0.15) is 13.8 Å². The number of aromatic nitrogens is 1. The van der Waals surface area contributed by atoms with Gasteiger partial charge in [-0.2, -0.15) is 9.37 Å². The highest BCUT2D eigenvalue weighted by Gasteiger charge is 2.18. The van der Waals surface area contributed by atoms with Crippen LogP contribution >= 0.6 is 0 Å². The van der Waals surface area contributed by atoms with Crippen molar-refractivity contribution in [3.8, 4) is 0 Å². The molecule has 0 amide bonds. The number of ether oxygens (including phenoxy) is 1. The van der Waals surface area contributed by atoms with Crippen molar-refractivity contribution < 1.29 is 17.9 Å². The molecular formula is C11H15F3N2O. The lowest BCUT2D eigenvalue weighted by atomic mass is 10.1. The van der Waals surface area contributed by atoms with E-state index in [1.807, 2.05) is 13.8 Å². The molecule has 1 atom stereocenters. The predicted molar refractivity (Wildman–Crippen MR) is 58.2 cm³/mol. The van der Waals surface area contributed by atoms with Gasteiger partial charge in [-0.15, -0.1) is 0 Å². The minimum atomic E-state index is -1.33. The zero-order valence-corrected chi connectivity index (χ0v) is 9.93. The van der Waals surface area contributed by atoms with E-state index in [9.17, 15) is 13.2 Å². The number of hydrogen-bond acceptors (Lipinski definition) is 3. The molecule has 1 N–H and O–H groups in total. The largest absolute Gasteiger partial charge is 0.383 e. The third-order valence-electron chi connectivity index (χ3n) is 2.36. The minimum absolute atomic E-state index is 0.129. The van der Waals surface area contributed by atoms with E-state index in [4.69, 9.17) is 4.74 Å². The third-order valence-corrected chi connectivity index (χ3v) is 2.36. The second-order valence-corrected chi connectivity index (χ2v) is 4.04. The van der Waals surface area contributed by atoms with Crippen molar-refractivity contribution in [3.05, 3.63) is 23.6 Å². The number of nitrogens with one attached hydrogen (secondary N) is 1. The van der Waals surface area contributed by atoms with Gasteiger partial charge in [0.25, 0.3) is 5.95 Å². The monoisotopic (exact) mass is 248 g/mol. The van der Waals surface area contributed by atoms with Gasteiger partial charge in [0.15, 0.2) is 17.5 Å². The Bertz CT molecular complexity index is 385. The maximum Gasteiger partial charge on any atom is 0.251 e. The van der Waals surface area contributed by atoms with Crippen molar-refractivity contribution in [1.82, 2.24) is 4.98 Å². The van der Waals surface area contributed by atoms with Crippen LogP contribution in [0.4, 0.5) is 19.0 Å². The fraction of sp³-hybridized carbons (Fsp3) is 0.545. The van der Waals surface area contributed by atoms with Crippen LogP contribution in [0, 0.1) is 23.5 Å². The van der Waals surface area contributed by atoms with Crippen molar-refractivity contribution >= 4 is 5.82 Å². The average Bonchev–Trinajstić information content (AvgIpc) is 2.24. The first kappa shape index (κ1) is 13.8. The molecule has 0 spiro atoms. The maximum atomic E-state index is 13.3. The molecule has 0 aromatic carbocycles. The number of halogens is 3. The van der Waals surface area contributed by atoms with Gasteiger partial charge in [0.1, 0.15) is 0 Å². The molecule has 6 heteroatoms. The van der Waals surface area contributed by atoms with Gasteiger partial charge >= 0.3 is 0 Å². The van der Waals surface area contributed by atoms with Gasteiger partial charge in [-0.1, -0.05) is 13.8 Å². The average molecular weight is 248 g/mol. The van der Waals surface area contributed by atoms with E-state index in [1.54, 1.807) is 0 Å². The number of nitrogens with zero attached hydrogens (tertiary/aromatic N) is 1. The topological polar surface area (TPSA) is 34.1 Å². The van der Waals surface area contributed by atoms with E-state index in [2.05, 4.69) is 10.3 Å². The molecule has 1 heterocycles. The Hall–Kier alpha value is -1.30. The van der Waals surface area contributed by atoms with Crippen molar-refractivity contribution in [2.75, 3.05) is 19.0 Å². The summed E-state index contributed by atoms with van der Waals surface area (Å²) >= 11 is 0. The molecule has 0 saturated heterocycles. The van der Waals surface area contributed by atoms with Gasteiger partial charge < -0.3 is 10.1 Å². The third kappa shape index (κ3) is 3.59. The highest BCUT2D eigenvalue weighted by atomic mass is 19.2. The van der Waals surface area contributed by atoms with Crippen molar-refractivity contribution in [2.24, 2.45) is 5.92 Å². The first-order valence-electron chi connectivity index (χ1n) is 5.22. The zero-order chi connectivity index (χ0) is 13.0. The fourth-order valence-corrected chi connectivity index (χ4v) is 1.30. The summed E-state index contributed by atoms with van der Waals surface area (Å²) in [5.74, 6) is -3.73. The van der Waals surface area contributed by atoms with E-state index in [-0.39, 0.29) is 17.8 Å². The van der Waals surface area contributed by atoms with Crippen LogP contribution in [0.25, 0.3) is 0 Å². The summed E-state index contributed by atoms with van der Waals surface area (Å²) in [5, 5.41) is 2.70. The van der Waals surface area contributed by atoms with Gasteiger partial charge in [0.2, 0.25) is 0 Å². The van der Waals surface area contributed by atoms with Gasteiger partial charge in [0, 0.05) is 13.2 Å². The zero-order valence-electron chi connectivity index (χ0n) is 9.93. The summed E-state index contributed by atoms with van der Waals surface area (Å²) in [6, 6.07) is 0.237. The van der Waals surface area contributed by atoms with Crippen molar-refractivity contribution in [1.29, 1.82) is 0 Å². The second kappa shape index (κ2) is 5.86. The van der Waals surface area contributed by atoms with Crippen LogP contribution in [0.15, 0.2) is 6.07 Å². The molecule has 1 unspecified atom stereocenters. The number of anilines is 1. The first-order chi connectivity index (χ1) is 7.95. The van der Waals surface area contributed by atoms with E-state index >= 15 is 0 Å². The van der Waals surface area contributed by atoms with E-state index in [1.165, 1.54) is 7.11 Å². The molecule has 3 nitrogen and oxygen atoms in total. The Morgan fingerprint density at radius 2 is 1.94 bits per heavy atom. The summed E-state index contributed by atoms with van der Waals surface area (Å²) in [7, 11) is 1.51. The Labute approximate surface area is 98.0 Å². The number of methoxy groups -OCH3 is 1. The standard InChI is InChI=1S/C11H15F3N2O/c1-6(2)9(5-17-3)15-11-8(13)4-7(12)10(14)16-11/h4,6,9H,5H2,1-3H3,(H,15,16). The van der Waals surface area contributed by atoms with E-state index < -0.39 is 17.6 Å². The van der Waals surface area contributed by atoms with E-state index in [0.29, 0.717) is 12.7 Å². The molecule has 1 aromatic rings. The Morgan fingerprint density at radius 3 is 2.47 bits per heavy atom. The quantitative estimate of drug-likeness (QED) is 0.813. The van der Waals surface area contributed by atoms with Crippen LogP contribution < -0.4 is 5.32 Å². The molecule has 0 saturated carbocycles. The highest BCUT2D eigenvalue weighted by Crippen LogP contribution is 2.17. The summed E-state index contributed by atoms with van der Waals surface area (Å²) in [5.41, 5.74) is 0. The Morgan fingerprint density at radius 1 is 1.29 bits per heavy atom. The molecular weight excluding hydrogens is 233 g/mol. The normalized spacial score (nSPS) is 12.9. The molecule has 0 bridgehead atoms. The van der Waals surface area contributed by atoms with Gasteiger partial charge in [-0.05, 0) is 5.92 Å². The summed E-state index contributed by atoms with van der Waals surface area (Å²) < 4.78 is 43.8. The van der Waals surface area contributed by atoms with Gasteiger partial charge in [-0.25, -0.2) is 8.78 Å². The molecule has 0 aliphatic carbocycles. The maximum absolute atomic E-state index is 13.3. The lowest BCUT2D eigenvalue weighted by Crippen LogP contribution is -2.31. The van der Waals surface area contributed by atoms with Crippen molar-refractivity contribution in [3.63, 3.8) is 0 Å². The lowest BCUT2D eigenvalue weighted by molar-refractivity contribution is 0.170. The second-order valence-electron chi connectivity index (χ2n) is 4.04. The molecule has 1 aromatic heterocycles. The predicted octanol–water partition coefficient (Wildman–Crippen LogP) is 2.58.